The minimum absolute atomic E-state index is 0.105. The maximum Gasteiger partial charge on any atom is 0.109 e. The molecule has 0 saturated heterocycles. The number of benzene rings is 3. The van der Waals surface area contributed by atoms with Crippen LogP contribution in [-0.2, 0) is 33.1 Å². The molecule has 0 heterocycles. The lowest BCUT2D eigenvalue weighted by molar-refractivity contribution is -0.0448. The highest BCUT2D eigenvalue weighted by molar-refractivity contribution is 7.90. The quantitative estimate of drug-likeness (QED) is 0.199. The number of rotatable bonds is 14. The van der Waals surface area contributed by atoms with Gasteiger partial charge in [0.2, 0.25) is 0 Å². The molecule has 0 amide bonds. The zero-order chi connectivity index (χ0) is 25.9. The smallest absolute Gasteiger partial charge is 0.109 e. The van der Waals surface area contributed by atoms with E-state index >= 15 is 0 Å². The number of hydrogen-bond acceptors (Lipinski definition) is 3. The average Bonchev–Trinajstić information content (AvgIpc) is 2.91. The summed E-state index contributed by atoms with van der Waals surface area (Å²) in [5.74, 6) is 0. The Morgan fingerprint density at radius 3 is 1.76 bits per heavy atom. The van der Waals surface area contributed by atoms with E-state index in [4.69, 9.17) is 21.1 Å². The highest BCUT2D eigenvalue weighted by atomic mass is 35.5. The Morgan fingerprint density at radius 1 is 0.784 bits per heavy atom. The summed E-state index contributed by atoms with van der Waals surface area (Å²) in [7, 11) is -1.34. The zero-order valence-corrected chi connectivity index (χ0v) is 23.2. The molecule has 0 aromatic heterocycles. The fourth-order valence-corrected chi connectivity index (χ4v) is 6.16. The van der Waals surface area contributed by atoms with E-state index < -0.39 is 10.8 Å². The van der Waals surface area contributed by atoms with Crippen molar-refractivity contribution in [1.82, 2.24) is 0 Å². The van der Waals surface area contributed by atoms with Crippen molar-refractivity contribution in [2.24, 2.45) is 5.41 Å². The SMILES string of the molecule is Cc1ccc(S(=O)C(Cl)=C2CC(COCCCc3ccccc3)(COCCCc3ccccc3)C2)cc1. The molecule has 1 fully saturated rings. The fourth-order valence-electron chi connectivity index (χ4n) is 4.76. The van der Waals surface area contributed by atoms with Crippen molar-refractivity contribution in [2.45, 2.75) is 50.3 Å². The molecule has 0 spiro atoms. The van der Waals surface area contributed by atoms with Crippen molar-refractivity contribution in [3.8, 4) is 0 Å². The van der Waals surface area contributed by atoms with Gasteiger partial charge in [-0.25, -0.2) is 4.21 Å². The summed E-state index contributed by atoms with van der Waals surface area (Å²) < 4.78 is 25.8. The molecule has 196 valence electrons. The van der Waals surface area contributed by atoms with Crippen molar-refractivity contribution < 1.29 is 13.7 Å². The van der Waals surface area contributed by atoms with Crippen molar-refractivity contribution in [2.75, 3.05) is 26.4 Å². The summed E-state index contributed by atoms with van der Waals surface area (Å²) in [4.78, 5) is 0.745. The Hall–Kier alpha value is -2.24. The summed E-state index contributed by atoms with van der Waals surface area (Å²) in [6, 6.07) is 28.8. The van der Waals surface area contributed by atoms with E-state index in [1.54, 1.807) is 0 Å². The Labute approximate surface area is 229 Å². The first-order chi connectivity index (χ1) is 18.0. The predicted molar refractivity (Wildman–Crippen MR) is 153 cm³/mol. The first-order valence-corrected chi connectivity index (χ1v) is 14.7. The molecular formula is C32H37ClO3S. The van der Waals surface area contributed by atoms with Crippen LogP contribution in [-0.4, -0.2) is 30.6 Å². The Kier molecular flexibility index (Phi) is 10.6. The highest BCUT2D eigenvalue weighted by Gasteiger charge is 2.43. The molecule has 1 aliphatic rings. The van der Waals surface area contributed by atoms with E-state index in [1.807, 2.05) is 43.3 Å². The second-order valence-electron chi connectivity index (χ2n) is 10.1. The maximum absolute atomic E-state index is 13.0. The molecule has 5 heteroatoms. The lowest BCUT2D eigenvalue weighted by Crippen LogP contribution is -2.41. The molecule has 3 aromatic carbocycles. The third kappa shape index (κ3) is 8.38. The van der Waals surface area contributed by atoms with Gasteiger partial charge < -0.3 is 9.47 Å². The van der Waals surface area contributed by atoms with Gasteiger partial charge in [-0.05, 0) is 74.3 Å². The number of aryl methyl sites for hydroxylation is 3. The normalized spacial score (nSPS) is 15.2. The Balaban J connectivity index is 1.29. The number of allylic oxidation sites excluding steroid dienone is 1. The van der Waals surface area contributed by atoms with Crippen LogP contribution in [0.1, 0.15) is 42.4 Å². The van der Waals surface area contributed by atoms with Crippen LogP contribution in [0.3, 0.4) is 0 Å². The van der Waals surface area contributed by atoms with Crippen molar-refractivity contribution >= 4 is 22.4 Å². The van der Waals surface area contributed by atoms with Crippen LogP contribution in [0, 0.1) is 12.3 Å². The molecule has 0 bridgehead atoms. The van der Waals surface area contributed by atoms with Crippen LogP contribution in [0.15, 0.2) is 99.8 Å². The summed E-state index contributed by atoms with van der Waals surface area (Å²) in [5, 5.41) is 0. The lowest BCUT2D eigenvalue weighted by Gasteiger charge is -2.44. The van der Waals surface area contributed by atoms with E-state index in [2.05, 4.69) is 48.5 Å². The number of ether oxygens (including phenoxy) is 2. The van der Waals surface area contributed by atoms with Gasteiger partial charge in [0.05, 0.1) is 24.0 Å². The zero-order valence-electron chi connectivity index (χ0n) is 21.7. The van der Waals surface area contributed by atoms with E-state index in [-0.39, 0.29) is 5.41 Å². The second kappa shape index (κ2) is 14.1. The van der Waals surface area contributed by atoms with E-state index in [0.29, 0.717) is 30.8 Å². The topological polar surface area (TPSA) is 35.5 Å². The minimum atomic E-state index is -1.34. The molecule has 0 aliphatic heterocycles. The third-order valence-corrected chi connectivity index (χ3v) is 8.87. The molecule has 1 atom stereocenters. The lowest BCUT2D eigenvalue weighted by atomic mass is 9.67. The third-order valence-electron chi connectivity index (χ3n) is 6.86. The Morgan fingerprint density at radius 2 is 1.27 bits per heavy atom. The van der Waals surface area contributed by atoms with Gasteiger partial charge in [-0.15, -0.1) is 0 Å². The summed E-state index contributed by atoms with van der Waals surface area (Å²) in [6.45, 7) is 4.71. The van der Waals surface area contributed by atoms with E-state index in [0.717, 1.165) is 54.6 Å². The molecule has 3 aromatic rings. The van der Waals surface area contributed by atoms with E-state index in [1.165, 1.54) is 11.1 Å². The van der Waals surface area contributed by atoms with Gasteiger partial charge in [0, 0.05) is 23.5 Å². The van der Waals surface area contributed by atoms with Crippen molar-refractivity contribution in [3.63, 3.8) is 0 Å². The molecule has 4 rings (SSSR count). The van der Waals surface area contributed by atoms with Crippen LogP contribution in [0.2, 0.25) is 0 Å². The van der Waals surface area contributed by atoms with Gasteiger partial charge in [-0.1, -0.05) is 90.0 Å². The van der Waals surface area contributed by atoms with Gasteiger partial charge >= 0.3 is 0 Å². The van der Waals surface area contributed by atoms with Gasteiger partial charge in [0.1, 0.15) is 4.36 Å². The van der Waals surface area contributed by atoms with Crippen LogP contribution < -0.4 is 0 Å². The van der Waals surface area contributed by atoms with Crippen LogP contribution in [0.5, 0.6) is 0 Å². The molecule has 1 aliphatic carbocycles. The summed E-state index contributed by atoms with van der Waals surface area (Å²) in [6.07, 6.45) is 5.52. The largest absolute Gasteiger partial charge is 0.381 e. The van der Waals surface area contributed by atoms with Gasteiger partial charge in [0.25, 0.3) is 0 Å². The first kappa shape index (κ1) is 27.8. The average molecular weight is 537 g/mol. The first-order valence-electron chi connectivity index (χ1n) is 13.1. The monoisotopic (exact) mass is 536 g/mol. The Bertz CT molecular complexity index is 1100. The van der Waals surface area contributed by atoms with Gasteiger partial charge in [-0.2, -0.15) is 0 Å². The standard InChI is InChI=1S/C32H37ClO3S/c1-26-16-18-30(19-17-26)37(34)31(33)29-22-32(23-29,24-35-20-8-14-27-10-4-2-5-11-27)25-36-21-9-15-28-12-6-3-7-13-28/h2-7,10-13,16-19H,8-9,14-15,20-25H2,1H3. The van der Waals surface area contributed by atoms with Gasteiger partial charge in [-0.3, -0.25) is 0 Å². The van der Waals surface area contributed by atoms with Crippen LogP contribution in [0.25, 0.3) is 0 Å². The molecule has 3 nitrogen and oxygen atoms in total. The van der Waals surface area contributed by atoms with Crippen molar-refractivity contribution in [1.29, 1.82) is 0 Å². The highest BCUT2D eigenvalue weighted by Crippen LogP contribution is 2.49. The van der Waals surface area contributed by atoms with E-state index in [9.17, 15) is 4.21 Å². The van der Waals surface area contributed by atoms with Crippen molar-refractivity contribution in [3.05, 3.63) is 112 Å². The molecule has 0 radical (unpaired) electrons. The predicted octanol–water partition coefficient (Wildman–Crippen LogP) is 7.63. The molecule has 37 heavy (non-hydrogen) atoms. The molecule has 0 N–H and O–H groups in total. The maximum atomic E-state index is 13.0. The summed E-state index contributed by atoms with van der Waals surface area (Å²) >= 11 is 6.64. The second-order valence-corrected chi connectivity index (χ2v) is 12.1. The molecule has 1 unspecified atom stereocenters. The van der Waals surface area contributed by atoms with Crippen LogP contribution >= 0.6 is 11.6 Å². The minimum Gasteiger partial charge on any atom is -0.381 e. The fraction of sp³-hybridized carbons (Fsp3) is 0.375. The number of halogens is 1. The summed E-state index contributed by atoms with van der Waals surface area (Å²) in [5.41, 5.74) is 4.76. The number of hydrogen-bond donors (Lipinski definition) is 0. The molecule has 1 saturated carbocycles. The molecular weight excluding hydrogens is 500 g/mol. The van der Waals surface area contributed by atoms with Crippen LogP contribution in [0.4, 0.5) is 0 Å². The van der Waals surface area contributed by atoms with Gasteiger partial charge in [0.15, 0.2) is 0 Å².